The number of piperazine rings is 1. The van der Waals surface area contributed by atoms with Crippen LogP contribution in [0.4, 0.5) is 0 Å². The lowest BCUT2D eigenvalue weighted by Gasteiger charge is -2.42. The maximum atomic E-state index is 12.4. The summed E-state index contributed by atoms with van der Waals surface area (Å²) < 4.78 is 4.63. The minimum atomic E-state index is -0.854. The van der Waals surface area contributed by atoms with E-state index in [2.05, 4.69) is 20.0 Å². The molecule has 1 aliphatic heterocycles. The summed E-state index contributed by atoms with van der Waals surface area (Å²) in [7, 11) is 0. The third-order valence-electron chi connectivity index (χ3n) is 3.40. The highest BCUT2D eigenvalue weighted by atomic mass is 16.5. The number of nitrogens with zero attached hydrogens (tertiary/aromatic N) is 3. The van der Waals surface area contributed by atoms with Gasteiger partial charge in [-0.15, -0.1) is 0 Å². The molecule has 1 aliphatic rings. The standard InChI is InChI=1S/C11H16N4O3/c1-4-11(3)10(17)15(7(2)9(16)13-11)5-8-12-6-18-14-8/h6-7H,4-5H2,1-3H3,(H,13,16). The van der Waals surface area contributed by atoms with Crippen LogP contribution in [0.3, 0.4) is 0 Å². The molecule has 1 aromatic heterocycles. The molecule has 0 bridgehead atoms. The van der Waals surface area contributed by atoms with E-state index in [9.17, 15) is 9.59 Å². The summed E-state index contributed by atoms with van der Waals surface area (Å²) in [5.74, 6) is 0.104. The van der Waals surface area contributed by atoms with E-state index in [1.807, 2.05) is 6.92 Å². The summed E-state index contributed by atoms with van der Waals surface area (Å²) in [6.45, 7) is 5.45. The van der Waals surface area contributed by atoms with Crippen molar-refractivity contribution in [1.29, 1.82) is 0 Å². The van der Waals surface area contributed by atoms with Crippen LogP contribution in [0.15, 0.2) is 10.9 Å². The molecule has 18 heavy (non-hydrogen) atoms. The molecule has 98 valence electrons. The lowest BCUT2D eigenvalue weighted by Crippen LogP contribution is -2.68. The van der Waals surface area contributed by atoms with Gasteiger partial charge in [-0.25, -0.2) is 0 Å². The van der Waals surface area contributed by atoms with Gasteiger partial charge in [0.25, 0.3) is 0 Å². The molecular weight excluding hydrogens is 236 g/mol. The quantitative estimate of drug-likeness (QED) is 0.823. The van der Waals surface area contributed by atoms with Crippen LogP contribution in [-0.4, -0.2) is 38.4 Å². The van der Waals surface area contributed by atoms with E-state index in [-0.39, 0.29) is 18.4 Å². The maximum Gasteiger partial charge on any atom is 0.249 e. The Hall–Kier alpha value is -1.92. The third-order valence-corrected chi connectivity index (χ3v) is 3.40. The van der Waals surface area contributed by atoms with Gasteiger partial charge in [0.1, 0.15) is 11.6 Å². The Labute approximate surface area is 105 Å². The van der Waals surface area contributed by atoms with Crippen LogP contribution in [0.5, 0.6) is 0 Å². The molecule has 0 saturated carbocycles. The average molecular weight is 252 g/mol. The number of aromatic nitrogens is 2. The molecule has 1 N–H and O–H groups in total. The summed E-state index contributed by atoms with van der Waals surface area (Å²) in [5.41, 5.74) is -0.854. The molecule has 2 unspecified atom stereocenters. The maximum absolute atomic E-state index is 12.4. The van der Waals surface area contributed by atoms with Gasteiger partial charge in [-0.2, -0.15) is 4.98 Å². The number of nitrogens with one attached hydrogen (secondary N) is 1. The first-order valence-electron chi connectivity index (χ1n) is 5.86. The molecule has 7 heteroatoms. The van der Waals surface area contributed by atoms with Crippen molar-refractivity contribution in [3.8, 4) is 0 Å². The molecule has 1 fully saturated rings. The van der Waals surface area contributed by atoms with E-state index in [4.69, 9.17) is 0 Å². The van der Waals surface area contributed by atoms with Gasteiger partial charge in [0.2, 0.25) is 18.2 Å². The number of hydrogen-bond acceptors (Lipinski definition) is 5. The minimum absolute atomic E-state index is 0.123. The number of rotatable bonds is 3. The summed E-state index contributed by atoms with van der Waals surface area (Å²) in [5, 5.41) is 6.42. The van der Waals surface area contributed by atoms with E-state index in [0.717, 1.165) is 0 Å². The Balaban J connectivity index is 2.25. The fourth-order valence-corrected chi connectivity index (χ4v) is 1.93. The fourth-order valence-electron chi connectivity index (χ4n) is 1.93. The van der Waals surface area contributed by atoms with Gasteiger partial charge in [0, 0.05) is 0 Å². The van der Waals surface area contributed by atoms with Crippen molar-refractivity contribution in [3.63, 3.8) is 0 Å². The normalized spacial score (nSPS) is 28.4. The largest absolute Gasteiger partial charge is 0.343 e. The van der Waals surface area contributed by atoms with Crippen molar-refractivity contribution in [2.24, 2.45) is 0 Å². The zero-order valence-corrected chi connectivity index (χ0v) is 10.6. The van der Waals surface area contributed by atoms with Crippen molar-refractivity contribution in [2.45, 2.75) is 45.3 Å². The number of hydrogen-bond donors (Lipinski definition) is 1. The lowest BCUT2D eigenvalue weighted by atomic mass is 9.92. The smallest absolute Gasteiger partial charge is 0.249 e. The van der Waals surface area contributed by atoms with Crippen LogP contribution in [0.1, 0.15) is 33.0 Å². The number of carbonyl (C=O) groups is 2. The van der Waals surface area contributed by atoms with Crippen molar-refractivity contribution in [1.82, 2.24) is 20.4 Å². The Kier molecular flexibility index (Phi) is 3.06. The van der Waals surface area contributed by atoms with Gasteiger partial charge in [-0.3, -0.25) is 9.59 Å². The molecule has 0 aliphatic carbocycles. The first-order valence-corrected chi connectivity index (χ1v) is 5.86. The zero-order valence-electron chi connectivity index (χ0n) is 10.6. The molecule has 7 nitrogen and oxygen atoms in total. The summed E-state index contributed by atoms with van der Waals surface area (Å²) in [6.07, 6.45) is 1.74. The van der Waals surface area contributed by atoms with E-state index in [1.54, 1.807) is 13.8 Å². The number of amides is 2. The molecule has 0 aromatic carbocycles. The van der Waals surface area contributed by atoms with Gasteiger partial charge in [-0.05, 0) is 20.3 Å². The highest BCUT2D eigenvalue weighted by Gasteiger charge is 2.45. The van der Waals surface area contributed by atoms with Crippen LogP contribution in [0.25, 0.3) is 0 Å². The second-order valence-electron chi connectivity index (χ2n) is 4.63. The van der Waals surface area contributed by atoms with Gasteiger partial charge in [0.15, 0.2) is 5.82 Å². The molecule has 0 radical (unpaired) electrons. The van der Waals surface area contributed by atoms with E-state index in [1.165, 1.54) is 11.3 Å². The van der Waals surface area contributed by atoms with E-state index in [0.29, 0.717) is 12.2 Å². The predicted octanol–water partition coefficient (Wildman–Crippen LogP) is 0.0852. The summed E-state index contributed by atoms with van der Waals surface area (Å²) in [4.78, 5) is 29.6. The van der Waals surface area contributed by atoms with Crippen LogP contribution < -0.4 is 5.32 Å². The first kappa shape index (κ1) is 12.5. The van der Waals surface area contributed by atoms with Crippen molar-refractivity contribution in [3.05, 3.63) is 12.2 Å². The van der Waals surface area contributed by atoms with Crippen LogP contribution in [0.2, 0.25) is 0 Å². The molecule has 2 heterocycles. The highest BCUT2D eigenvalue weighted by Crippen LogP contribution is 2.22. The molecule has 1 saturated heterocycles. The molecule has 2 rings (SSSR count). The number of carbonyl (C=O) groups excluding carboxylic acids is 2. The first-order chi connectivity index (χ1) is 8.48. The predicted molar refractivity (Wildman–Crippen MR) is 61.1 cm³/mol. The molecular formula is C11H16N4O3. The fraction of sp³-hybridized carbons (Fsp3) is 0.636. The molecule has 1 aromatic rings. The van der Waals surface area contributed by atoms with Crippen LogP contribution >= 0.6 is 0 Å². The molecule has 2 amide bonds. The third kappa shape index (κ3) is 1.96. The van der Waals surface area contributed by atoms with Crippen molar-refractivity contribution in [2.75, 3.05) is 0 Å². The second-order valence-corrected chi connectivity index (χ2v) is 4.63. The SMILES string of the molecule is CCC1(C)NC(=O)C(C)N(Cc2ncon2)C1=O. The van der Waals surface area contributed by atoms with Crippen molar-refractivity contribution < 1.29 is 14.1 Å². The monoisotopic (exact) mass is 252 g/mol. The average Bonchev–Trinajstić information content (AvgIpc) is 2.85. The topological polar surface area (TPSA) is 88.3 Å². The molecule has 0 spiro atoms. The van der Waals surface area contributed by atoms with Gasteiger partial charge in [-0.1, -0.05) is 12.1 Å². The zero-order chi connectivity index (χ0) is 13.3. The second kappa shape index (κ2) is 4.40. The van der Waals surface area contributed by atoms with E-state index >= 15 is 0 Å². The minimum Gasteiger partial charge on any atom is -0.343 e. The van der Waals surface area contributed by atoms with Gasteiger partial charge in [0.05, 0.1) is 6.54 Å². The highest BCUT2D eigenvalue weighted by molar-refractivity contribution is 5.99. The van der Waals surface area contributed by atoms with Gasteiger partial charge >= 0.3 is 0 Å². The van der Waals surface area contributed by atoms with E-state index < -0.39 is 11.6 Å². The summed E-state index contributed by atoms with van der Waals surface area (Å²) >= 11 is 0. The van der Waals surface area contributed by atoms with Crippen molar-refractivity contribution >= 4 is 11.8 Å². The Morgan fingerprint density at radius 3 is 2.83 bits per heavy atom. The van der Waals surface area contributed by atoms with Crippen LogP contribution in [-0.2, 0) is 16.1 Å². The Morgan fingerprint density at radius 2 is 2.28 bits per heavy atom. The Morgan fingerprint density at radius 1 is 1.56 bits per heavy atom. The molecule has 2 atom stereocenters. The van der Waals surface area contributed by atoms with Gasteiger partial charge < -0.3 is 14.7 Å². The van der Waals surface area contributed by atoms with Crippen LogP contribution in [0, 0.1) is 0 Å². The summed E-state index contributed by atoms with van der Waals surface area (Å²) in [6, 6.07) is -0.532. The Bertz CT molecular complexity index is 459. The lowest BCUT2D eigenvalue weighted by molar-refractivity contribution is -0.154.